The minimum Gasteiger partial charge on any atom is -0.497 e. The number of hydrogen-bond donors (Lipinski definition) is 2. The van der Waals surface area contributed by atoms with E-state index in [1.54, 1.807) is 7.11 Å². The molecule has 160 valence electrons. The van der Waals surface area contributed by atoms with E-state index in [2.05, 4.69) is 20.6 Å². The van der Waals surface area contributed by atoms with Gasteiger partial charge >= 0.3 is 0 Å². The van der Waals surface area contributed by atoms with E-state index in [0.29, 0.717) is 17.3 Å². The van der Waals surface area contributed by atoms with Gasteiger partial charge in [0.25, 0.3) is 0 Å². The molecule has 0 unspecified atom stereocenters. The number of rotatable bonds is 7. The topological polar surface area (TPSA) is 76.1 Å². The maximum Gasteiger partial charge on any atom is 0.228 e. The maximum atomic E-state index is 12.5. The van der Waals surface area contributed by atoms with Crippen molar-refractivity contribution in [3.8, 4) is 17.0 Å². The first-order valence-corrected chi connectivity index (χ1v) is 10.3. The summed E-state index contributed by atoms with van der Waals surface area (Å²) in [5.74, 6) is 2.05. The Bertz CT molecular complexity index is 1210. The number of ether oxygens (including phenoxy) is 1. The number of methoxy groups -OCH3 is 1. The summed E-state index contributed by atoms with van der Waals surface area (Å²) >= 11 is 0. The summed E-state index contributed by atoms with van der Waals surface area (Å²) in [5, 5.41) is 6.27. The number of nitrogens with zero attached hydrogens (tertiary/aromatic N) is 2. The lowest BCUT2D eigenvalue weighted by Crippen LogP contribution is -2.14. The van der Waals surface area contributed by atoms with Crippen LogP contribution in [0.25, 0.3) is 11.3 Å². The molecule has 1 heterocycles. The summed E-state index contributed by atoms with van der Waals surface area (Å²) in [6, 6.07) is 26.9. The Kier molecular flexibility index (Phi) is 6.41. The number of nitrogens with one attached hydrogen (secondary N) is 2. The van der Waals surface area contributed by atoms with E-state index in [4.69, 9.17) is 4.74 Å². The molecule has 0 aliphatic heterocycles. The molecule has 0 spiro atoms. The van der Waals surface area contributed by atoms with E-state index >= 15 is 0 Å². The van der Waals surface area contributed by atoms with Gasteiger partial charge in [0, 0.05) is 23.0 Å². The third-order valence-electron chi connectivity index (χ3n) is 4.85. The molecule has 3 aromatic carbocycles. The highest BCUT2D eigenvalue weighted by Gasteiger charge is 2.07. The highest BCUT2D eigenvalue weighted by molar-refractivity contribution is 5.92. The van der Waals surface area contributed by atoms with Crippen LogP contribution in [-0.2, 0) is 11.2 Å². The Labute approximate surface area is 187 Å². The lowest BCUT2D eigenvalue weighted by Gasteiger charge is -2.11. The van der Waals surface area contributed by atoms with Crippen molar-refractivity contribution in [1.82, 2.24) is 9.97 Å². The molecule has 6 heteroatoms. The normalized spacial score (nSPS) is 10.4. The summed E-state index contributed by atoms with van der Waals surface area (Å²) in [6.45, 7) is 1.87. The van der Waals surface area contributed by atoms with Crippen LogP contribution in [0.15, 0.2) is 84.9 Å². The van der Waals surface area contributed by atoms with Crippen LogP contribution in [0, 0.1) is 6.92 Å². The van der Waals surface area contributed by atoms with Gasteiger partial charge in [-0.3, -0.25) is 4.79 Å². The molecule has 4 rings (SSSR count). The molecule has 6 nitrogen and oxygen atoms in total. The fraction of sp³-hybridized carbons (Fsp3) is 0.115. The number of aromatic nitrogens is 2. The van der Waals surface area contributed by atoms with Crippen LogP contribution < -0.4 is 15.4 Å². The molecule has 2 N–H and O–H groups in total. The van der Waals surface area contributed by atoms with Gasteiger partial charge in [0.05, 0.1) is 19.2 Å². The zero-order valence-corrected chi connectivity index (χ0v) is 18.0. The summed E-state index contributed by atoms with van der Waals surface area (Å²) in [6.07, 6.45) is 0.285. The number of anilines is 3. The second-order valence-corrected chi connectivity index (χ2v) is 7.33. The number of aryl methyl sites for hydroxylation is 1. The Morgan fingerprint density at radius 3 is 2.38 bits per heavy atom. The fourth-order valence-corrected chi connectivity index (χ4v) is 3.35. The number of benzene rings is 3. The minimum atomic E-state index is -0.0865. The molecule has 4 aromatic rings. The van der Waals surface area contributed by atoms with Gasteiger partial charge in [-0.15, -0.1) is 0 Å². The van der Waals surface area contributed by atoms with Gasteiger partial charge in [-0.2, -0.15) is 0 Å². The van der Waals surface area contributed by atoms with Crippen LogP contribution in [-0.4, -0.2) is 23.0 Å². The van der Waals surface area contributed by atoms with Gasteiger partial charge in [-0.25, -0.2) is 9.97 Å². The molecule has 32 heavy (non-hydrogen) atoms. The molecular weight excluding hydrogens is 400 g/mol. The molecule has 0 aliphatic carbocycles. The van der Waals surface area contributed by atoms with E-state index in [9.17, 15) is 4.79 Å². The van der Waals surface area contributed by atoms with Crippen LogP contribution >= 0.6 is 0 Å². The van der Waals surface area contributed by atoms with Gasteiger partial charge in [0.1, 0.15) is 17.4 Å². The van der Waals surface area contributed by atoms with E-state index in [1.807, 2.05) is 91.9 Å². The van der Waals surface area contributed by atoms with Crippen molar-refractivity contribution in [3.05, 3.63) is 96.3 Å². The molecule has 0 saturated carbocycles. The third-order valence-corrected chi connectivity index (χ3v) is 4.85. The van der Waals surface area contributed by atoms with Gasteiger partial charge in [-0.05, 0) is 42.8 Å². The fourth-order valence-electron chi connectivity index (χ4n) is 3.35. The Morgan fingerprint density at radius 2 is 1.62 bits per heavy atom. The number of carbonyl (C=O) groups excluding carboxylic acids is 1. The third kappa shape index (κ3) is 5.49. The van der Waals surface area contributed by atoms with Crippen LogP contribution in [0.3, 0.4) is 0 Å². The molecular formula is C26H24N4O2. The van der Waals surface area contributed by atoms with Crippen LogP contribution in [0.1, 0.15) is 11.4 Å². The van der Waals surface area contributed by atoms with Crippen molar-refractivity contribution in [1.29, 1.82) is 0 Å². The maximum absolute atomic E-state index is 12.5. The monoisotopic (exact) mass is 424 g/mol. The zero-order valence-electron chi connectivity index (χ0n) is 18.0. The van der Waals surface area contributed by atoms with E-state index < -0.39 is 0 Å². The molecule has 0 radical (unpaired) electrons. The largest absolute Gasteiger partial charge is 0.497 e. The number of amides is 1. The highest BCUT2D eigenvalue weighted by atomic mass is 16.5. The summed E-state index contributed by atoms with van der Waals surface area (Å²) in [5.41, 5.74) is 4.33. The smallest absolute Gasteiger partial charge is 0.228 e. The first-order chi connectivity index (χ1) is 15.6. The van der Waals surface area contributed by atoms with Gasteiger partial charge in [0.2, 0.25) is 5.91 Å². The molecule has 0 aliphatic rings. The van der Waals surface area contributed by atoms with Crippen molar-refractivity contribution in [2.45, 2.75) is 13.3 Å². The zero-order chi connectivity index (χ0) is 22.3. The molecule has 1 amide bonds. The van der Waals surface area contributed by atoms with Crippen molar-refractivity contribution in [2.24, 2.45) is 0 Å². The molecule has 0 atom stereocenters. The van der Waals surface area contributed by atoms with Crippen LogP contribution in [0.2, 0.25) is 0 Å². The molecule has 0 saturated heterocycles. The van der Waals surface area contributed by atoms with E-state index in [0.717, 1.165) is 28.3 Å². The SMILES string of the molecule is COc1ccc(CC(=O)Nc2cccc(Nc3cc(-c4ccccc4)nc(C)n3)c2)cc1. The van der Waals surface area contributed by atoms with Crippen molar-refractivity contribution >= 4 is 23.1 Å². The Hall–Kier alpha value is -4.19. The Balaban J connectivity index is 1.45. The standard InChI is InChI=1S/C26H24N4O2/c1-18-27-24(20-7-4-3-5-8-20)17-25(28-18)29-21-9-6-10-22(16-21)30-26(31)15-19-11-13-23(32-2)14-12-19/h3-14,16-17H,15H2,1-2H3,(H,30,31)(H,27,28,29). The molecule has 0 bridgehead atoms. The second-order valence-electron chi connectivity index (χ2n) is 7.33. The highest BCUT2D eigenvalue weighted by Crippen LogP contribution is 2.23. The van der Waals surface area contributed by atoms with Crippen LogP contribution in [0.4, 0.5) is 17.2 Å². The summed E-state index contributed by atoms with van der Waals surface area (Å²) in [4.78, 5) is 21.5. The quantitative estimate of drug-likeness (QED) is 0.416. The van der Waals surface area contributed by atoms with E-state index in [1.165, 1.54) is 0 Å². The first-order valence-electron chi connectivity index (χ1n) is 10.3. The van der Waals surface area contributed by atoms with E-state index in [-0.39, 0.29) is 12.3 Å². The van der Waals surface area contributed by atoms with Gasteiger partial charge < -0.3 is 15.4 Å². The summed E-state index contributed by atoms with van der Waals surface area (Å²) in [7, 11) is 1.62. The Morgan fingerprint density at radius 1 is 0.875 bits per heavy atom. The minimum absolute atomic E-state index is 0.0865. The lowest BCUT2D eigenvalue weighted by atomic mass is 10.1. The molecule has 1 aromatic heterocycles. The first kappa shape index (κ1) is 21.1. The van der Waals surface area contributed by atoms with Crippen molar-refractivity contribution < 1.29 is 9.53 Å². The average Bonchev–Trinajstić information content (AvgIpc) is 2.80. The van der Waals surface area contributed by atoms with Crippen molar-refractivity contribution in [3.63, 3.8) is 0 Å². The van der Waals surface area contributed by atoms with Gasteiger partial charge in [0.15, 0.2) is 0 Å². The summed E-state index contributed by atoms with van der Waals surface area (Å²) < 4.78 is 5.16. The van der Waals surface area contributed by atoms with Crippen LogP contribution in [0.5, 0.6) is 5.75 Å². The average molecular weight is 425 g/mol. The second kappa shape index (κ2) is 9.75. The predicted molar refractivity (Wildman–Crippen MR) is 127 cm³/mol. The predicted octanol–water partition coefficient (Wildman–Crippen LogP) is 5.39. The molecule has 0 fully saturated rings. The lowest BCUT2D eigenvalue weighted by molar-refractivity contribution is -0.115. The number of carbonyl (C=O) groups is 1. The number of hydrogen-bond acceptors (Lipinski definition) is 5. The van der Waals surface area contributed by atoms with Crippen molar-refractivity contribution in [2.75, 3.05) is 17.7 Å². The van der Waals surface area contributed by atoms with Gasteiger partial charge in [-0.1, -0.05) is 48.5 Å².